The van der Waals surface area contributed by atoms with E-state index in [2.05, 4.69) is 18.8 Å². The van der Waals surface area contributed by atoms with E-state index in [0.29, 0.717) is 6.42 Å². The summed E-state index contributed by atoms with van der Waals surface area (Å²) in [5.41, 5.74) is 0. The van der Waals surface area contributed by atoms with Crippen LogP contribution in [-0.2, 0) is 9.59 Å². The summed E-state index contributed by atoms with van der Waals surface area (Å²) in [6, 6.07) is 0. The second kappa shape index (κ2) is 14.8. The van der Waals surface area contributed by atoms with Gasteiger partial charge < -0.3 is 5.11 Å². The minimum atomic E-state index is -1.33. The van der Waals surface area contributed by atoms with Crippen LogP contribution in [0, 0.1) is 11.8 Å². The maximum absolute atomic E-state index is 10.8. The van der Waals surface area contributed by atoms with E-state index in [1.807, 2.05) is 12.2 Å². The van der Waals surface area contributed by atoms with Crippen molar-refractivity contribution in [3.63, 3.8) is 0 Å². The van der Waals surface area contributed by atoms with Crippen molar-refractivity contribution in [2.45, 2.75) is 77.6 Å². The Morgan fingerprint density at radius 2 is 1.67 bits per heavy atom. The fourth-order valence-corrected chi connectivity index (χ4v) is 1.90. The molecule has 3 nitrogen and oxygen atoms in total. The Labute approximate surface area is 128 Å². The van der Waals surface area contributed by atoms with Gasteiger partial charge in [-0.25, -0.2) is 4.79 Å². The highest BCUT2D eigenvalue weighted by Gasteiger charge is 2.08. The van der Waals surface area contributed by atoms with Gasteiger partial charge in [-0.15, -0.1) is 5.92 Å². The zero-order chi connectivity index (χ0) is 15.8. The molecule has 0 fully saturated rings. The third-order valence-corrected chi connectivity index (χ3v) is 3.18. The molecular weight excluding hydrogens is 264 g/mol. The number of rotatable bonds is 12. The normalized spacial score (nSPS) is 10.3. The van der Waals surface area contributed by atoms with E-state index in [9.17, 15) is 9.59 Å². The van der Waals surface area contributed by atoms with Crippen LogP contribution in [0.3, 0.4) is 0 Å². The molecule has 0 atom stereocenters. The van der Waals surface area contributed by atoms with Crippen molar-refractivity contribution in [2.24, 2.45) is 0 Å². The molecule has 0 aromatic carbocycles. The Morgan fingerprint density at radius 1 is 0.952 bits per heavy atom. The van der Waals surface area contributed by atoms with Crippen LogP contribution in [0.5, 0.6) is 0 Å². The quantitative estimate of drug-likeness (QED) is 0.249. The van der Waals surface area contributed by atoms with E-state index in [-0.39, 0.29) is 6.42 Å². The molecule has 1 N–H and O–H groups in total. The SMILES string of the molecule is CCCCCCCCC#CCC=CCCCC(=O)C(=O)O. The van der Waals surface area contributed by atoms with Gasteiger partial charge in [0.15, 0.2) is 0 Å². The summed E-state index contributed by atoms with van der Waals surface area (Å²) in [5, 5.41) is 8.40. The van der Waals surface area contributed by atoms with Gasteiger partial charge in [0.2, 0.25) is 5.78 Å². The first-order valence-corrected chi connectivity index (χ1v) is 8.05. The molecule has 21 heavy (non-hydrogen) atoms. The first-order chi connectivity index (χ1) is 10.2. The molecule has 118 valence electrons. The molecular formula is C18H28O3. The minimum Gasteiger partial charge on any atom is -0.476 e. The summed E-state index contributed by atoms with van der Waals surface area (Å²) < 4.78 is 0. The number of hydrogen-bond donors (Lipinski definition) is 1. The highest BCUT2D eigenvalue weighted by molar-refractivity contribution is 6.32. The average Bonchev–Trinajstić information content (AvgIpc) is 2.47. The summed E-state index contributed by atoms with van der Waals surface area (Å²) in [6.07, 6.45) is 14.9. The van der Waals surface area contributed by atoms with Crippen LogP contribution in [0.4, 0.5) is 0 Å². The summed E-state index contributed by atoms with van der Waals surface area (Å²) in [7, 11) is 0. The largest absolute Gasteiger partial charge is 0.476 e. The van der Waals surface area contributed by atoms with E-state index in [1.165, 1.54) is 38.5 Å². The molecule has 0 aliphatic carbocycles. The van der Waals surface area contributed by atoms with Crippen LogP contribution in [0.25, 0.3) is 0 Å². The predicted octanol–water partition coefficient (Wildman–Crippen LogP) is 4.51. The van der Waals surface area contributed by atoms with Gasteiger partial charge in [-0.1, -0.05) is 57.1 Å². The second-order valence-corrected chi connectivity index (χ2v) is 5.17. The van der Waals surface area contributed by atoms with E-state index >= 15 is 0 Å². The van der Waals surface area contributed by atoms with Gasteiger partial charge in [0.1, 0.15) is 0 Å². The summed E-state index contributed by atoms with van der Waals surface area (Å²) in [4.78, 5) is 21.1. The van der Waals surface area contributed by atoms with Crippen molar-refractivity contribution in [3.8, 4) is 11.8 Å². The third-order valence-electron chi connectivity index (χ3n) is 3.18. The number of Topliss-reactive ketones (excluding diaryl/α,β-unsaturated/α-hetero) is 1. The van der Waals surface area contributed by atoms with Crippen molar-refractivity contribution >= 4 is 11.8 Å². The van der Waals surface area contributed by atoms with E-state index in [1.54, 1.807) is 0 Å². The molecule has 0 aromatic rings. The van der Waals surface area contributed by atoms with Gasteiger partial charge in [0, 0.05) is 19.3 Å². The second-order valence-electron chi connectivity index (χ2n) is 5.17. The van der Waals surface area contributed by atoms with Crippen LogP contribution in [-0.4, -0.2) is 16.9 Å². The smallest absolute Gasteiger partial charge is 0.372 e. The lowest BCUT2D eigenvalue weighted by molar-refractivity contribution is -0.149. The van der Waals surface area contributed by atoms with Crippen molar-refractivity contribution in [1.82, 2.24) is 0 Å². The lowest BCUT2D eigenvalue weighted by atomic mass is 10.1. The topological polar surface area (TPSA) is 54.4 Å². The first kappa shape index (κ1) is 19.4. The van der Waals surface area contributed by atoms with Crippen LogP contribution in [0.1, 0.15) is 77.6 Å². The molecule has 0 radical (unpaired) electrons. The Morgan fingerprint density at radius 3 is 2.38 bits per heavy atom. The molecule has 0 saturated heterocycles. The van der Waals surface area contributed by atoms with Crippen LogP contribution in [0.15, 0.2) is 12.2 Å². The van der Waals surface area contributed by atoms with Crippen molar-refractivity contribution in [2.75, 3.05) is 0 Å². The molecule has 0 rings (SSSR count). The Balaban J connectivity index is 3.37. The van der Waals surface area contributed by atoms with Gasteiger partial charge in [-0.3, -0.25) is 4.79 Å². The lowest BCUT2D eigenvalue weighted by Crippen LogP contribution is -2.11. The van der Waals surface area contributed by atoms with Crippen molar-refractivity contribution in [1.29, 1.82) is 0 Å². The first-order valence-electron chi connectivity index (χ1n) is 8.05. The Bertz CT molecular complexity index is 372. The highest BCUT2D eigenvalue weighted by Crippen LogP contribution is 2.06. The van der Waals surface area contributed by atoms with Crippen LogP contribution in [0.2, 0.25) is 0 Å². The summed E-state index contributed by atoms with van der Waals surface area (Å²) in [5.74, 6) is 4.23. The van der Waals surface area contributed by atoms with Gasteiger partial charge in [-0.2, -0.15) is 0 Å². The number of carboxylic acid groups (broad SMARTS) is 1. The summed E-state index contributed by atoms with van der Waals surface area (Å²) >= 11 is 0. The predicted molar refractivity (Wildman–Crippen MR) is 86.0 cm³/mol. The number of carbonyl (C=O) groups excluding carboxylic acids is 1. The Hall–Kier alpha value is -1.56. The zero-order valence-electron chi connectivity index (χ0n) is 13.2. The maximum Gasteiger partial charge on any atom is 0.372 e. The standard InChI is InChI=1S/C18H28O3/c1-2-3-4-5-6-7-8-9-10-11-12-13-14-15-16-17(19)18(20)21/h12-13H,2-8,11,14-16H2,1H3,(H,20,21). The molecule has 0 spiro atoms. The van der Waals surface area contributed by atoms with E-state index in [4.69, 9.17) is 5.11 Å². The highest BCUT2D eigenvalue weighted by atomic mass is 16.4. The van der Waals surface area contributed by atoms with Crippen LogP contribution < -0.4 is 0 Å². The monoisotopic (exact) mass is 292 g/mol. The van der Waals surface area contributed by atoms with E-state index in [0.717, 1.165) is 19.3 Å². The third kappa shape index (κ3) is 14.7. The minimum absolute atomic E-state index is 0.114. The molecule has 0 aliphatic rings. The lowest BCUT2D eigenvalue weighted by Gasteiger charge is -1.96. The number of allylic oxidation sites excluding steroid dienone is 2. The van der Waals surface area contributed by atoms with Gasteiger partial charge in [-0.05, 0) is 19.3 Å². The van der Waals surface area contributed by atoms with Crippen molar-refractivity contribution in [3.05, 3.63) is 12.2 Å². The molecule has 0 bridgehead atoms. The van der Waals surface area contributed by atoms with E-state index < -0.39 is 11.8 Å². The number of hydrogen-bond acceptors (Lipinski definition) is 2. The number of ketones is 1. The average molecular weight is 292 g/mol. The molecule has 0 aromatic heterocycles. The number of carboxylic acids is 1. The molecule has 0 aliphatic heterocycles. The molecule has 3 heteroatoms. The Kier molecular flexibility index (Phi) is 13.7. The number of unbranched alkanes of at least 4 members (excludes halogenated alkanes) is 7. The fraction of sp³-hybridized carbons (Fsp3) is 0.667. The van der Waals surface area contributed by atoms with Gasteiger partial charge in [0.05, 0.1) is 0 Å². The van der Waals surface area contributed by atoms with Gasteiger partial charge >= 0.3 is 5.97 Å². The van der Waals surface area contributed by atoms with Crippen LogP contribution >= 0.6 is 0 Å². The number of carbonyl (C=O) groups is 2. The molecule has 0 saturated carbocycles. The number of aliphatic carboxylic acids is 1. The molecule has 0 heterocycles. The fourth-order valence-electron chi connectivity index (χ4n) is 1.90. The zero-order valence-corrected chi connectivity index (χ0v) is 13.2. The maximum atomic E-state index is 10.8. The summed E-state index contributed by atoms with van der Waals surface area (Å²) in [6.45, 7) is 2.23. The molecule has 0 unspecified atom stereocenters. The van der Waals surface area contributed by atoms with Gasteiger partial charge in [0.25, 0.3) is 0 Å². The molecule has 0 amide bonds. The van der Waals surface area contributed by atoms with Crippen molar-refractivity contribution < 1.29 is 14.7 Å².